The summed E-state index contributed by atoms with van der Waals surface area (Å²) in [6.07, 6.45) is -7.11. The number of aliphatic hydroxyl groups is 4. The van der Waals surface area contributed by atoms with Crippen LogP contribution in [-0.2, 0) is 4.74 Å². The molecule has 2 rings (SSSR count). The molecule has 0 radical (unpaired) electrons. The van der Waals surface area contributed by atoms with Crippen molar-refractivity contribution in [2.24, 2.45) is 0 Å². The highest BCUT2D eigenvalue weighted by Gasteiger charge is 2.45. The third-order valence-electron chi connectivity index (χ3n) is 3.87. The van der Waals surface area contributed by atoms with Gasteiger partial charge in [0, 0.05) is 5.69 Å². The number of ether oxygens (including phenoxy) is 1. The topological polar surface area (TPSA) is 136 Å². The molecule has 22 heavy (non-hydrogen) atoms. The van der Waals surface area contributed by atoms with E-state index in [4.69, 9.17) is 10.00 Å². The van der Waals surface area contributed by atoms with Crippen LogP contribution in [0.15, 0.2) is 10.9 Å². The van der Waals surface area contributed by atoms with E-state index in [-0.39, 0.29) is 5.56 Å². The zero-order valence-corrected chi connectivity index (χ0v) is 12.2. The quantitative estimate of drug-likeness (QED) is 0.511. The number of hydrogen-bond donors (Lipinski definition) is 4. The molecule has 1 aromatic rings. The maximum absolute atomic E-state index is 12.4. The Morgan fingerprint density at radius 1 is 1.27 bits per heavy atom. The van der Waals surface area contributed by atoms with Crippen molar-refractivity contribution in [3.63, 3.8) is 0 Å². The first-order chi connectivity index (χ1) is 10.3. The standard InChI is InChI=1S/C14H18N2O6/c1-6-3-7(2)16(13(21)8(6)4-15)14-12(20)11(19)10(18)9(5-17)22-14/h3,9-12,14,17-20H,5H2,1-2H3/t9-,10-,11+,12-,14-/m1/s1. The molecule has 2 heterocycles. The van der Waals surface area contributed by atoms with E-state index in [1.165, 1.54) is 0 Å². The predicted octanol–water partition coefficient (Wildman–Crippen LogP) is -1.69. The van der Waals surface area contributed by atoms with Gasteiger partial charge in [-0.2, -0.15) is 5.26 Å². The van der Waals surface area contributed by atoms with Crippen LogP contribution in [0.3, 0.4) is 0 Å². The van der Waals surface area contributed by atoms with Crippen LogP contribution in [0.25, 0.3) is 0 Å². The second-order valence-corrected chi connectivity index (χ2v) is 5.35. The summed E-state index contributed by atoms with van der Waals surface area (Å²) in [6, 6.07) is 3.38. The zero-order valence-electron chi connectivity index (χ0n) is 12.2. The molecule has 8 heteroatoms. The Balaban J connectivity index is 2.56. The van der Waals surface area contributed by atoms with Crippen LogP contribution in [0.2, 0.25) is 0 Å². The molecule has 8 nitrogen and oxygen atoms in total. The molecule has 0 bridgehead atoms. The molecule has 0 aromatic carbocycles. The van der Waals surface area contributed by atoms with Crippen LogP contribution < -0.4 is 5.56 Å². The Hall–Kier alpha value is -1.76. The first-order valence-electron chi connectivity index (χ1n) is 6.76. The number of aliphatic hydroxyl groups excluding tert-OH is 4. The number of hydrogen-bond acceptors (Lipinski definition) is 7. The molecule has 0 aliphatic carbocycles. The summed E-state index contributed by atoms with van der Waals surface area (Å²) in [4.78, 5) is 12.4. The fourth-order valence-corrected chi connectivity index (χ4v) is 2.65. The fourth-order valence-electron chi connectivity index (χ4n) is 2.65. The second-order valence-electron chi connectivity index (χ2n) is 5.35. The van der Waals surface area contributed by atoms with Crippen molar-refractivity contribution in [3.8, 4) is 6.07 Å². The van der Waals surface area contributed by atoms with E-state index in [2.05, 4.69) is 0 Å². The average molecular weight is 310 g/mol. The fraction of sp³-hybridized carbons (Fsp3) is 0.571. The summed E-state index contributed by atoms with van der Waals surface area (Å²) in [6.45, 7) is 2.62. The van der Waals surface area contributed by atoms with Gasteiger partial charge in [-0.15, -0.1) is 0 Å². The Morgan fingerprint density at radius 2 is 1.91 bits per heavy atom. The molecule has 0 saturated carbocycles. The molecule has 1 fully saturated rings. The van der Waals surface area contributed by atoms with Crippen LogP contribution in [0.4, 0.5) is 0 Å². The van der Waals surface area contributed by atoms with Gasteiger partial charge >= 0.3 is 0 Å². The lowest BCUT2D eigenvalue weighted by Gasteiger charge is -2.41. The second kappa shape index (κ2) is 6.16. The molecule has 120 valence electrons. The molecule has 1 aromatic heterocycles. The highest BCUT2D eigenvalue weighted by atomic mass is 16.6. The van der Waals surface area contributed by atoms with Crippen molar-refractivity contribution in [1.82, 2.24) is 4.57 Å². The van der Waals surface area contributed by atoms with Gasteiger partial charge in [0.05, 0.1) is 6.61 Å². The minimum Gasteiger partial charge on any atom is -0.394 e. The number of pyridine rings is 1. The number of aromatic nitrogens is 1. The van der Waals surface area contributed by atoms with Crippen molar-refractivity contribution in [2.75, 3.05) is 6.61 Å². The molecule has 0 unspecified atom stereocenters. The monoisotopic (exact) mass is 310 g/mol. The molecule has 4 N–H and O–H groups in total. The van der Waals surface area contributed by atoms with E-state index in [1.54, 1.807) is 26.0 Å². The minimum atomic E-state index is -1.59. The zero-order chi connectivity index (χ0) is 16.6. The van der Waals surface area contributed by atoms with Crippen LogP contribution in [0, 0.1) is 25.2 Å². The number of rotatable bonds is 2. The lowest BCUT2D eigenvalue weighted by Crippen LogP contribution is -2.58. The summed E-state index contributed by atoms with van der Waals surface area (Å²) in [5.41, 5.74) is 0.156. The lowest BCUT2D eigenvalue weighted by molar-refractivity contribution is -0.252. The van der Waals surface area contributed by atoms with E-state index >= 15 is 0 Å². The SMILES string of the molecule is Cc1cc(C)n([C@@H]2O[C@H](CO)[C@@H](O)[C@H](O)[C@H]2O)c(=O)c1C#N. The predicted molar refractivity (Wildman–Crippen MR) is 73.9 cm³/mol. The van der Waals surface area contributed by atoms with E-state index in [1.807, 2.05) is 0 Å². The summed E-state index contributed by atoms with van der Waals surface area (Å²) >= 11 is 0. The van der Waals surface area contributed by atoms with Crippen LogP contribution >= 0.6 is 0 Å². The van der Waals surface area contributed by atoms with Crippen molar-refractivity contribution in [1.29, 1.82) is 5.26 Å². The van der Waals surface area contributed by atoms with Crippen LogP contribution in [-0.4, -0.2) is 56.0 Å². The summed E-state index contributed by atoms with van der Waals surface area (Å²) in [5, 5.41) is 48.0. The first kappa shape index (κ1) is 16.6. The summed E-state index contributed by atoms with van der Waals surface area (Å²) in [5.74, 6) is 0. The van der Waals surface area contributed by atoms with Gasteiger partial charge in [-0.05, 0) is 25.5 Å². The van der Waals surface area contributed by atoms with Gasteiger partial charge in [0.2, 0.25) is 0 Å². The van der Waals surface area contributed by atoms with Crippen molar-refractivity contribution >= 4 is 0 Å². The average Bonchev–Trinajstić information content (AvgIpc) is 2.47. The van der Waals surface area contributed by atoms with Gasteiger partial charge < -0.3 is 25.2 Å². The molecular weight excluding hydrogens is 292 g/mol. The van der Waals surface area contributed by atoms with Gasteiger partial charge in [-0.1, -0.05) is 0 Å². The third-order valence-corrected chi connectivity index (χ3v) is 3.87. The number of nitriles is 1. The minimum absolute atomic E-state index is 0.0949. The van der Waals surface area contributed by atoms with Gasteiger partial charge in [-0.3, -0.25) is 9.36 Å². The molecule has 1 aliphatic rings. The van der Waals surface area contributed by atoms with Gasteiger partial charge in [-0.25, -0.2) is 0 Å². The first-order valence-corrected chi connectivity index (χ1v) is 6.76. The Morgan fingerprint density at radius 3 is 2.45 bits per heavy atom. The maximum Gasteiger partial charge on any atom is 0.271 e. The summed E-state index contributed by atoms with van der Waals surface area (Å²) < 4.78 is 6.41. The molecule has 1 saturated heterocycles. The highest BCUT2D eigenvalue weighted by Crippen LogP contribution is 2.28. The number of aryl methyl sites for hydroxylation is 2. The largest absolute Gasteiger partial charge is 0.394 e. The lowest BCUT2D eigenvalue weighted by atomic mass is 9.97. The Kier molecular flexibility index (Phi) is 4.65. The highest BCUT2D eigenvalue weighted by molar-refractivity contribution is 5.36. The molecular formula is C14H18N2O6. The number of nitrogens with zero attached hydrogens (tertiary/aromatic N) is 2. The Labute approximate surface area is 126 Å². The van der Waals surface area contributed by atoms with Crippen LogP contribution in [0.1, 0.15) is 23.0 Å². The summed E-state index contributed by atoms with van der Waals surface area (Å²) in [7, 11) is 0. The van der Waals surface area contributed by atoms with Crippen molar-refractivity contribution in [3.05, 3.63) is 33.2 Å². The van der Waals surface area contributed by atoms with E-state index in [0.29, 0.717) is 11.3 Å². The van der Waals surface area contributed by atoms with E-state index in [0.717, 1.165) is 4.57 Å². The normalized spacial score (nSPS) is 31.8. The molecule has 1 aliphatic heterocycles. The van der Waals surface area contributed by atoms with Gasteiger partial charge in [0.15, 0.2) is 6.23 Å². The maximum atomic E-state index is 12.4. The van der Waals surface area contributed by atoms with Crippen LogP contribution in [0.5, 0.6) is 0 Å². The van der Waals surface area contributed by atoms with E-state index < -0.39 is 42.8 Å². The molecule has 0 amide bonds. The van der Waals surface area contributed by atoms with Crippen molar-refractivity contribution < 1.29 is 25.2 Å². The smallest absolute Gasteiger partial charge is 0.271 e. The molecule has 0 spiro atoms. The van der Waals surface area contributed by atoms with E-state index in [9.17, 15) is 25.2 Å². The Bertz CT molecular complexity index is 663. The molecule has 5 atom stereocenters. The van der Waals surface area contributed by atoms with Crippen molar-refractivity contribution in [2.45, 2.75) is 44.5 Å². The van der Waals surface area contributed by atoms with Gasteiger partial charge in [0.1, 0.15) is 36.0 Å². The van der Waals surface area contributed by atoms with Gasteiger partial charge in [0.25, 0.3) is 5.56 Å². The third kappa shape index (κ3) is 2.54.